The zero-order valence-electron chi connectivity index (χ0n) is 10.9. The third kappa shape index (κ3) is 3.93. The maximum Gasteiger partial charge on any atom is 0.0947 e. The van der Waals surface area contributed by atoms with E-state index in [1.807, 2.05) is 17.8 Å². The van der Waals surface area contributed by atoms with Gasteiger partial charge in [0, 0.05) is 29.3 Å². The van der Waals surface area contributed by atoms with E-state index in [1.165, 1.54) is 21.6 Å². The highest BCUT2D eigenvalue weighted by Gasteiger charge is 1.99. The van der Waals surface area contributed by atoms with Crippen molar-refractivity contribution in [2.75, 3.05) is 12.3 Å². The van der Waals surface area contributed by atoms with Crippen molar-refractivity contribution < 1.29 is 4.42 Å². The van der Waals surface area contributed by atoms with E-state index in [4.69, 9.17) is 4.42 Å². The van der Waals surface area contributed by atoms with Crippen LogP contribution in [0.4, 0.5) is 0 Å². The predicted octanol–water partition coefficient (Wildman–Crippen LogP) is 3.78. The molecule has 2 rings (SSSR count). The van der Waals surface area contributed by atoms with E-state index in [9.17, 15) is 0 Å². The van der Waals surface area contributed by atoms with Crippen LogP contribution in [0.2, 0.25) is 0 Å². The molecule has 0 saturated heterocycles. The minimum atomic E-state index is 0.879. The maximum atomic E-state index is 5.02. The first-order chi connectivity index (χ1) is 8.75. The number of thioether (sulfide) groups is 1. The first-order valence-corrected chi connectivity index (χ1v) is 7.16. The fourth-order valence-corrected chi connectivity index (χ4v) is 2.75. The van der Waals surface area contributed by atoms with Gasteiger partial charge in [0.15, 0.2) is 0 Å². The fraction of sp³-hybridized carbons (Fsp3) is 0.333. The zero-order valence-corrected chi connectivity index (χ0v) is 11.7. The predicted molar refractivity (Wildman–Crippen MR) is 77.1 cm³/mol. The molecule has 96 valence electrons. The summed E-state index contributed by atoms with van der Waals surface area (Å²) in [6.45, 7) is 6.19. The van der Waals surface area contributed by atoms with Crippen LogP contribution in [-0.4, -0.2) is 12.3 Å². The van der Waals surface area contributed by atoms with Crippen molar-refractivity contribution in [2.45, 2.75) is 25.3 Å². The Bertz CT molecular complexity index is 479. The number of hydrogen-bond donors (Lipinski definition) is 1. The molecule has 0 atom stereocenters. The first kappa shape index (κ1) is 13.2. The average Bonchev–Trinajstić information content (AvgIpc) is 2.86. The van der Waals surface area contributed by atoms with Crippen molar-refractivity contribution in [3.05, 3.63) is 53.5 Å². The monoisotopic (exact) mass is 261 g/mol. The van der Waals surface area contributed by atoms with Gasteiger partial charge in [0.2, 0.25) is 0 Å². The molecule has 1 aromatic heterocycles. The number of aryl methyl sites for hydroxylation is 2. The van der Waals surface area contributed by atoms with Crippen LogP contribution in [0.3, 0.4) is 0 Å². The van der Waals surface area contributed by atoms with Crippen LogP contribution in [0.1, 0.15) is 16.7 Å². The van der Waals surface area contributed by atoms with Gasteiger partial charge in [-0.2, -0.15) is 0 Å². The van der Waals surface area contributed by atoms with E-state index in [0.717, 1.165) is 18.8 Å². The summed E-state index contributed by atoms with van der Waals surface area (Å²) >= 11 is 1.91. The molecule has 0 spiro atoms. The third-order valence-corrected chi connectivity index (χ3v) is 3.95. The lowest BCUT2D eigenvalue weighted by atomic mass is 10.2. The van der Waals surface area contributed by atoms with Gasteiger partial charge >= 0.3 is 0 Å². The molecule has 2 aromatic rings. The van der Waals surface area contributed by atoms with Crippen molar-refractivity contribution in [3.63, 3.8) is 0 Å². The van der Waals surface area contributed by atoms with E-state index in [0.29, 0.717) is 0 Å². The molecule has 0 aliphatic carbocycles. The van der Waals surface area contributed by atoms with Gasteiger partial charge in [-0.3, -0.25) is 0 Å². The molecule has 3 heteroatoms. The number of nitrogens with one attached hydrogen (secondary N) is 1. The second-order valence-corrected chi connectivity index (χ2v) is 5.56. The Morgan fingerprint density at radius 2 is 2.11 bits per heavy atom. The van der Waals surface area contributed by atoms with Crippen LogP contribution in [0.15, 0.2) is 46.1 Å². The Kier molecular flexibility index (Phi) is 4.90. The summed E-state index contributed by atoms with van der Waals surface area (Å²) < 4.78 is 5.02. The molecule has 2 nitrogen and oxygen atoms in total. The van der Waals surface area contributed by atoms with Crippen molar-refractivity contribution >= 4 is 11.8 Å². The molecule has 0 aliphatic heterocycles. The molecular weight excluding hydrogens is 242 g/mol. The van der Waals surface area contributed by atoms with Crippen molar-refractivity contribution in [2.24, 2.45) is 0 Å². The van der Waals surface area contributed by atoms with E-state index < -0.39 is 0 Å². The number of hydrogen-bond acceptors (Lipinski definition) is 3. The second-order valence-electron chi connectivity index (χ2n) is 4.43. The summed E-state index contributed by atoms with van der Waals surface area (Å²) in [5, 5.41) is 3.41. The molecule has 0 bridgehead atoms. The van der Waals surface area contributed by atoms with Gasteiger partial charge in [0.05, 0.1) is 12.5 Å². The summed E-state index contributed by atoms with van der Waals surface area (Å²) in [4.78, 5) is 1.39. The molecule has 0 fully saturated rings. The number of benzene rings is 1. The minimum Gasteiger partial charge on any atom is -0.472 e. The SMILES string of the molecule is Cc1ccc(C)c(SCCNCc2ccoc2)c1. The van der Waals surface area contributed by atoms with Crippen LogP contribution in [-0.2, 0) is 6.54 Å². The zero-order chi connectivity index (χ0) is 12.8. The Hall–Kier alpha value is -1.19. The summed E-state index contributed by atoms with van der Waals surface area (Å²) in [7, 11) is 0. The van der Waals surface area contributed by atoms with Gasteiger partial charge in [-0.25, -0.2) is 0 Å². The van der Waals surface area contributed by atoms with Gasteiger partial charge in [-0.15, -0.1) is 11.8 Å². The van der Waals surface area contributed by atoms with Crippen LogP contribution in [0.5, 0.6) is 0 Å². The van der Waals surface area contributed by atoms with E-state index in [2.05, 4.69) is 37.4 Å². The smallest absolute Gasteiger partial charge is 0.0947 e. The van der Waals surface area contributed by atoms with Gasteiger partial charge in [-0.1, -0.05) is 17.7 Å². The lowest BCUT2D eigenvalue weighted by Gasteiger charge is -2.07. The lowest BCUT2D eigenvalue weighted by molar-refractivity contribution is 0.561. The summed E-state index contributed by atoms with van der Waals surface area (Å²) in [5.74, 6) is 1.09. The quantitative estimate of drug-likeness (QED) is 0.633. The van der Waals surface area contributed by atoms with Gasteiger partial charge < -0.3 is 9.73 Å². The van der Waals surface area contributed by atoms with Gasteiger partial charge in [0.25, 0.3) is 0 Å². The molecule has 18 heavy (non-hydrogen) atoms. The average molecular weight is 261 g/mol. The normalized spacial score (nSPS) is 10.8. The van der Waals surface area contributed by atoms with Crippen molar-refractivity contribution in [1.82, 2.24) is 5.32 Å². The summed E-state index contributed by atoms with van der Waals surface area (Å²) in [6, 6.07) is 8.61. The highest BCUT2D eigenvalue weighted by atomic mass is 32.2. The largest absolute Gasteiger partial charge is 0.472 e. The molecule has 1 heterocycles. The number of rotatable bonds is 6. The lowest BCUT2D eigenvalue weighted by Crippen LogP contribution is -2.16. The second kappa shape index (κ2) is 6.66. The summed E-state index contributed by atoms with van der Waals surface area (Å²) in [6.07, 6.45) is 3.49. The van der Waals surface area contributed by atoms with E-state index >= 15 is 0 Å². The van der Waals surface area contributed by atoms with E-state index in [-0.39, 0.29) is 0 Å². The first-order valence-electron chi connectivity index (χ1n) is 6.17. The third-order valence-electron chi connectivity index (χ3n) is 2.79. The Labute approximate surface area is 113 Å². The molecule has 0 aliphatic rings. The number of furan rings is 1. The van der Waals surface area contributed by atoms with Crippen molar-refractivity contribution in [1.29, 1.82) is 0 Å². The van der Waals surface area contributed by atoms with Crippen LogP contribution in [0.25, 0.3) is 0 Å². The molecule has 0 amide bonds. The fourth-order valence-electron chi connectivity index (χ4n) is 1.72. The van der Waals surface area contributed by atoms with Gasteiger partial charge in [-0.05, 0) is 31.5 Å². The van der Waals surface area contributed by atoms with Crippen LogP contribution in [0, 0.1) is 13.8 Å². The Balaban J connectivity index is 1.70. The van der Waals surface area contributed by atoms with Crippen LogP contribution < -0.4 is 5.32 Å². The maximum absolute atomic E-state index is 5.02. The summed E-state index contributed by atoms with van der Waals surface area (Å²) in [5.41, 5.74) is 3.89. The molecular formula is C15H19NOS. The Morgan fingerprint density at radius 1 is 1.22 bits per heavy atom. The highest BCUT2D eigenvalue weighted by Crippen LogP contribution is 2.22. The van der Waals surface area contributed by atoms with Gasteiger partial charge in [0.1, 0.15) is 0 Å². The highest BCUT2D eigenvalue weighted by molar-refractivity contribution is 7.99. The molecule has 0 unspecified atom stereocenters. The minimum absolute atomic E-state index is 0.879. The Morgan fingerprint density at radius 3 is 2.89 bits per heavy atom. The van der Waals surface area contributed by atoms with Crippen molar-refractivity contribution in [3.8, 4) is 0 Å². The van der Waals surface area contributed by atoms with E-state index in [1.54, 1.807) is 12.5 Å². The van der Waals surface area contributed by atoms with Crippen LogP contribution >= 0.6 is 11.8 Å². The molecule has 0 saturated carbocycles. The topological polar surface area (TPSA) is 25.2 Å². The standard InChI is InChI=1S/C15H19NOS/c1-12-3-4-13(2)15(9-12)18-8-6-16-10-14-5-7-17-11-14/h3-5,7,9,11,16H,6,8,10H2,1-2H3. The molecule has 1 N–H and O–H groups in total. The molecule has 1 aromatic carbocycles. The molecule has 0 radical (unpaired) electrons.